The molecule has 2 aromatic carbocycles. The van der Waals surface area contributed by atoms with Crippen molar-refractivity contribution >= 4 is 27.3 Å². The second kappa shape index (κ2) is 8.85. The molecule has 1 saturated heterocycles. The first-order chi connectivity index (χ1) is 15.3. The van der Waals surface area contributed by atoms with Gasteiger partial charge < -0.3 is 9.26 Å². The molecule has 0 N–H and O–H groups in total. The Hall–Kier alpha value is -3.02. The zero-order chi connectivity index (χ0) is 22.9. The van der Waals surface area contributed by atoms with Crippen LogP contribution in [0, 0.1) is 10.1 Å². The lowest BCUT2D eigenvalue weighted by Gasteiger charge is -2.29. The maximum absolute atomic E-state index is 12.9. The number of rotatable bonds is 6. The Morgan fingerprint density at radius 2 is 1.88 bits per heavy atom. The van der Waals surface area contributed by atoms with Crippen molar-refractivity contribution in [1.29, 1.82) is 0 Å². The Kier molecular flexibility index (Phi) is 6.13. The van der Waals surface area contributed by atoms with Crippen LogP contribution in [0.2, 0.25) is 5.02 Å². The number of piperidine rings is 1. The van der Waals surface area contributed by atoms with Gasteiger partial charge in [0.25, 0.3) is 5.69 Å². The Labute approximate surface area is 189 Å². The number of aromatic nitrogens is 2. The molecule has 2 heterocycles. The van der Waals surface area contributed by atoms with E-state index >= 15 is 0 Å². The molecule has 0 atom stereocenters. The fourth-order valence-corrected chi connectivity index (χ4v) is 5.24. The van der Waals surface area contributed by atoms with Crippen LogP contribution in [0.1, 0.15) is 24.7 Å². The average Bonchev–Trinajstić information content (AvgIpc) is 3.29. The number of nitro benzene ring substituents is 1. The summed E-state index contributed by atoms with van der Waals surface area (Å²) >= 11 is 6.08. The van der Waals surface area contributed by atoms with Gasteiger partial charge in [-0.25, -0.2) is 8.42 Å². The molecule has 0 unspecified atom stereocenters. The highest BCUT2D eigenvalue weighted by atomic mass is 35.5. The van der Waals surface area contributed by atoms with Gasteiger partial charge in [0.05, 0.1) is 22.5 Å². The fourth-order valence-electron chi connectivity index (χ4n) is 3.60. The monoisotopic (exact) mass is 478 g/mol. The molecule has 0 radical (unpaired) electrons. The number of benzene rings is 2. The van der Waals surface area contributed by atoms with Crippen molar-refractivity contribution in [2.45, 2.75) is 23.7 Å². The first-order valence-electron chi connectivity index (χ1n) is 9.71. The van der Waals surface area contributed by atoms with Gasteiger partial charge in [-0.3, -0.25) is 10.1 Å². The molecule has 0 bridgehead atoms. The van der Waals surface area contributed by atoms with Crippen molar-refractivity contribution in [1.82, 2.24) is 14.4 Å². The van der Waals surface area contributed by atoms with E-state index in [1.807, 2.05) is 0 Å². The van der Waals surface area contributed by atoms with Crippen LogP contribution in [-0.4, -0.2) is 48.0 Å². The Bertz CT molecular complexity index is 1240. The third kappa shape index (κ3) is 4.31. The number of halogens is 1. The van der Waals surface area contributed by atoms with E-state index in [2.05, 4.69) is 10.1 Å². The predicted octanol–water partition coefficient (Wildman–Crippen LogP) is 3.88. The van der Waals surface area contributed by atoms with E-state index in [9.17, 15) is 18.5 Å². The Balaban J connectivity index is 1.46. The van der Waals surface area contributed by atoms with Crippen LogP contribution in [0.4, 0.5) is 5.69 Å². The number of ether oxygens (including phenoxy) is 1. The highest BCUT2D eigenvalue weighted by Gasteiger charge is 2.32. The molecule has 0 amide bonds. The third-order valence-electron chi connectivity index (χ3n) is 5.33. The molecule has 32 heavy (non-hydrogen) atoms. The third-order valence-corrected chi connectivity index (χ3v) is 7.48. The summed E-state index contributed by atoms with van der Waals surface area (Å²) in [6, 6.07) is 9.98. The Morgan fingerprint density at radius 1 is 1.19 bits per heavy atom. The minimum Gasteiger partial charge on any atom is -0.496 e. The van der Waals surface area contributed by atoms with Gasteiger partial charge in [0.2, 0.25) is 21.7 Å². The number of nitro groups is 1. The van der Waals surface area contributed by atoms with Crippen LogP contribution in [0.3, 0.4) is 0 Å². The maximum Gasteiger partial charge on any atom is 0.269 e. The molecule has 10 nitrogen and oxygen atoms in total. The summed E-state index contributed by atoms with van der Waals surface area (Å²) < 4.78 is 37.9. The molecule has 1 aliphatic heterocycles. The minimum atomic E-state index is -3.75. The van der Waals surface area contributed by atoms with E-state index in [0.29, 0.717) is 40.9 Å². The van der Waals surface area contributed by atoms with Gasteiger partial charge in [0.1, 0.15) is 5.75 Å². The normalized spacial score (nSPS) is 15.6. The summed E-state index contributed by atoms with van der Waals surface area (Å²) in [5.41, 5.74) is 0.444. The number of nitrogens with zero attached hydrogens (tertiary/aromatic N) is 4. The van der Waals surface area contributed by atoms with Crippen LogP contribution in [0.5, 0.6) is 5.75 Å². The lowest BCUT2D eigenvalue weighted by molar-refractivity contribution is -0.384. The zero-order valence-electron chi connectivity index (χ0n) is 17.0. The van der Waals surface area contributed by atoms with Crippen LogP contribution in [-0.2, 0) is 10.0 Å². The summed E-state index contributed by atoms with van der Waals surface area (Å²) in [5, 5.41) is 15.3. The van der Waals surface area contributed by atoms with Crippen LogP contribution in [0.25, 0.3) is 11.4 Å². The summed E-state index contributed by atoms with van der Waals surface area (Å²) in [6.07, 6.45) is 1.00. The molecule has 1 aliphatic rings. The molecule has 0 aliphatic carbocycles. The van der Waals surface area contributed by atoms with E-state index in [4.69, 9.17) is 20.9 Å². The SMILES string of the molecule is COc1ccc(Cl)cc1-c1noc(C2CCN(S(=O)(=O)c3ccc([N+](=O)[O-])cc3)CC2)n1. The standard InChI is InChI=1S/C20H19ClN4O6S/c1-30-18-7-2-14(21)12-17(18)19-22-20(31-23-19)13-8-10-24(11-9-13)32(28,29)16-5-3-15(4-6-16)25(26)27/h2-7,12-13H,8-11H2,1H3. The molecule has 3 aromatic rings. The van der Waals surface area contributed by atoms with Gasteiger partial charge in [-0.15, -0.1) is 0 Å². The van der Waals surface area contributed by atoms with Crippen molar-refractivity contribution in [3.05, 3.63) is 63.5 Å². The summed E-state index contributed by atoms with van der Waals surface area (Å²) in [5.74, 6) is 1.24. The minimum absolute atomic E-state index is 0.0228. The molecule has 12 heteroatoms. The molecule has 4 rings (SSSR count). The van der Waals surface area contributed by atoms with Crippen molar-refractivity contribution in [3.8, 4) is 17.1 Å². The maximum atomic E-state index is 12.9. The van der Waals surface area contributed by atoms with Crippen LogP contribution < -0.4 is 4.74 Å². The smallest absolute Gasteiger partial charge is 0.269 e. The van der Waals surface area contributed by atoms with Gasteiger partial charge in [-0.2, -0.15) is 9.29 Å². The molecular weight excluding hydrogens is 460 g/mol. The average molecular weight is 479 g/mol. The summed E-state index contributed by atoms with van der Waals surface area (Å²) in [4.78, 5) is 14.7. The molecule has 1 fully saturated rings. The van der Waals surface area contributed by atoms with Crippen molar-refractivity contribution in [3.63, 3.8) is 0 Å². The van der Waals surface area contributed by atoms with Gasteiger partial charge in [0.15, 0.2) is 0 Å². The number of non-ortho nitro benzene ring substituents is 1. The lowest BCUT2D eigenvalue weighted by Crippen LogP contribution is -2.37. The van der Waals surface area contributed by atoms with Gasteiger partial charge >= 0.3 is 0 Å². The summed E-state index contributed by atoms with van der Waals surface area (Å²) in [6.45, 7) is 0.532. The van der Waals surface area contributed by atoms with Gasteiger partial charge in [0, 0.05) is 36.2 Å². The number of hydrogen-bond donors (Lipinski definition) is 0. The molecule has 0 spiro atoms. The van der Waals surface area contributed by atoms with Crippen LogP contribution in [0.15, 0.2) is 51.9 Å². The van der Waals surface area contributed by atoms with E-state index in [1.54, 1.807) is 18.2 Å². The first kappa shape index (κ1) is 22.2. The quantitative estimate of drug-likeness (QED) is 0.385. The predicted molar refractivity (Wildman–Crippen MR) is 115 cm³/mol. The number of sulfonamides is 1. The largest absolute Gasteiger partial charge is 0.496 e. The van der Waals surface area contributed by atoms with Crippen molar-refractivity contribution in [2.24, 2.45) is 0 Å². The highest BCUT2D eigenvalue weighted by Crippen LogP contribution is 2.34. The van der Waals surface area contributed by atoms with Crippen molar-refractivity contribution < 1.29 is 22.6 Å². The van der Waals surface area contributed by atoms with E-state index in [0.717, 1.165) is 0 Å². The van der Waals surface area contributed by atoms with E-state index < -0.39 is 14.9 Å². The van der Waals surface area contributed by atoms with Gasteiger partial charge in [-0.05, 0) is 43.2 Å². The highest BCUT2D eigenvalue weighted by molar-refractivity contribution is 7.89. The second-order valence-corrected chi connectivity index (χ2v) is 9.60. The van der Waals surface area contributed by atoms with E-state index in [-0.39, 0.29) is 29.6 Å². The number of methoxy groups -OCH3 is 1. The molecular formula is C20H19ClN4O6S. The second-order valence-electron chi connectivity index (χ2n) is 7.23. The van der Waals surface area contributed by atoms with Crippen molar-refractivity contribution in [2.75, 3.05) is 20.2 Å². The first-order valence-corrected chi connectivity index (χ1v) is 11.5. The van der Waals surface area contributed by atoms with Crippen LogP contribution >= 0.6 is 11.6 Å². The molecule has 168 valence electrons. The zero-order valence-corrected chi connectivity index (χ0v) is 18.5. The van der Waals surface area contributed by atoms with Gasteiger partial charge in [-0.1, -0.05) is 16.8 Å². The lowest BCUT2D eigenvalue weighted by atomic mass is 9.98. The number of hydrogen-bond acceptors (Lipinski definition) is 8. The Morgan fingerprint density at radius 3 is 2.50 bits per heavy atom. The summed E-state index contributed by atoms with van der Waals surface area (Å²) in [7, 11) is -2.21. The van der Waals surface area contributed by atoms with E-state index in [1.165, 1.54) is 35.7 Å². The topological polar surface area (TPSA) is 129 Å². The molecule has 1 aromatic heterocycles. The fraction of sp³-hybridized carbons (Fsp3) is 0.300. The molecule has 0 saturated carbocycles.